The molecule has 0 radical (unpaired) electrons. The number of alkyl halides is 1. The van der Waals surface area contributed by atoms with Gasteiger partial charge in [0.1, 0.15) is 11.6 Å². The van der Waals surface area contributed by atoms with E-state index in [0.717, 1.165) is 29.8 Å². The number of rotatable bonds is 8. The van der Waals surface area contributed by atoms with Crippen LogP contribution in [0.15, 0.2) is 18.2 Å². The van der Waals surface area contributed by atoms with Crippen molar-refractivity contribution in [1.82, 2.24) is 9.55 Å². The van der Waals surface area contributed by atoms with Gasteiger partial charge in [0.15, 0.2) is 0 Å². The van der Waals surface area contributed by atoms with Gasteiger partial charge in [0, 0.05) is 6.54 Å². The van der Waals surface area contributed by atoms with Crippen molar-refractivity contribution in [2.24, 2.45) is 0 Å². The quantitative estimate of drug-likeness (QED) is 0.512. The molecule has 5 heteroatoms. The van der Waals surface area contributed by atoms with Gasteiger partial charge in [-0.1, -0.05) is 12.8 Å². The average Bonchev–Trinajstić information content (AvgIpc) is 2.80. The lowest BCUT2D eigenvalue weighted by molar-refractivity contribution is 0.580. The molecule has 0 fully saturated rings. The van der Waals surface area contributed by atoms with Crippen LogP contribution in [0, 0.1) is 5.82 Å². The van der Waals surface area contributed by atoms with Crippen LogP contribution < -0.4 is 0 Å². The number of thioether (sulfide) groups is 1. The predicted octanol–water partition coefficient (Wildman–Crippen LogP) is 4.84. The maximum atomic E-state index is 13.4. The van der Waals surface area contributed by atoms with E-state index in [2.05, 4.69) is 15.8 Å². The normalized spacial score (nSPS) is 11.3. The summed E-state index contributed by atoms with van der Waals surface area (Å²) in [5.74, 6) is 2.20. The van der Waals surface area contributed by atoms with Crippen molar-refractivity contribution >= 4 is 34.4 Å². The number of unbranched alkanes of at least 4 members (excludes halogenated alkanes) is 3. The fourth-order valence-electron chi connectivity index (χ4n) is 2.37. The Hall–Kier alpha value is -0.740. The third-order valence-corrected chi connectivity index (χ3v) is 4.33. The first kappa shape index (κ1) is 15.6. The van der Waals surface area contributed by atoms with Crippen molar-refractivity contribution in [3.8, 4) is 0 Å². The van der Waals surface area contributed by atoms with Crippen LogP contribution in [0.25, 0.3) is 11.0 Å². The largest absolute Gasteiger partial charge is 0.327 e. The van der Waals surface area contributed by atoms with Crippen LogP contribution in [0.2, 0.25) is 0 Å². The van der Waals surface area contributed by atoms with Crippen molar-refractivity contribution in [1.29, 1.82) is 0 Å². The van der Waals surface area contributed by atoms with Gasteiger partial charge >= 0.3 is 0 Å². The molecular weight excluding hydrogens is 295 g/mol. The van der Waals surface area contributed by atoms with Crippen molar-refractivity contribution in [3.63, 3.8) is 0 Å². The summed E-state index contributed by atoms with van der Waals surface area (Å²) in [4.78, 5) is 4.46. The van der Waals surface area contributed by atoms with E-state index in [-0.39, 0.29) is 5.82 Å². The van der Waals surface area contributed by atoms with E-state index < -0.39 is 0 Å². The molecule has 0 amide bonds. The number of fused-ring (bicyclic) bond motifs is 1. The van der Waals surface area contributed by atoms with Gasteiger partial charge in [0.05, 0.1) is 16.9 Å². The monoisotopic (exact) mass is 314 g/mol. The Labute approximate surface area is 128 Å². The molecule has 0 atom stereocenters. The Balaban J connectivity index is 2.02. The number of hydrogen-bond acceptors (Lipinski definition) is 2. The zero-order valence-electron chi connectivity index (χ0n) is 11.7. The first-order valence-electron chi connectivity index (χ1n) is 6.96. The van der Waals surface area contributed by atoms with E-state index >= 15 is 0 Å². The molecule has 0 bridgehead atoms. The maximum absolute atomic E-state index is 13.4. The van der Waals surface area contributed by atoms with Crippen molar-refractivity contribution < 1.29 is 4.39 Å². The number of aryl methyl sites for hydroxylation is 1. The van der Waals surface area contributed by atoms with Crippen molar-refractivity contribution in [2.75, 3.05) is 12.0 Å². The summed E-state index contributed by atoms with van der Waals surface area (Å²) >= 11 is 7.84. The van der Waals surface area contributed by atoms with Crippen LogP contribution in [0.4, 0.5) is 4.39 Å². The van der Waals surface area contributed by atoms with E-state index in [1.165, 1.54) is 31.1 Å². The molecule has 20 heavy (non-hydrogen) atoms. The number of halogens is 2. The molecule has 1 aromatic carbocycles. The Morgan fingerprint density at radius 2 is 2.05 bits per heavy atom. The second kappa shape index (κ2) is 7.89. The standard InChI is InChI=1S/C15H20ClFN2S/c1-20-9-5-3-2-4-8-19-14-10-12(17)6-7-13(14)18-15(19)11-16/h6-7,10H,2-5,8-9,11H2,1H3. The maximum Gasteiger partial charge on any atom is 0.125 e. The average molecular weight is 315 g/mol. The Bertz CT molecular complexity index is 556. The van der Waals surface area contributed by atoms with Crippen LogP contribution in [-0.2, 0) is 12.4 Å². The fraction of sp³-hybridized carbons (Fsp3) is 0.533. The summed E-state index contributed by atoms with van der Waals surface area (Å²) < 4.78 is 15.4. The zero-order valence-corrected chi connectivity index (χ0v) is 13.3. The summed E-state index contributed by atoms with van der Waals surface area (Å²) in [7, 11) is 0. The van der Waals surface area contributed by atoms with Crippen LogP contribution >= 0.6 is 23.4 Å². The SMILES string of the molecule is CSCCCCCCn1c(CCl)nc2ccc(F)cc21. The highest BCUT2D eigenvalue weighted by Gasteiger charge is 2.10. The number of hydrogen-bond donors (Lipinski definition) is 0. The van der Waals surface area contributed by atoms with Gasteiger partial charge in [-0.2, -0.15) is 11.8 Å². The molecule has 0 aliphatic carbocycles. The van der Waals surface area contributed by atoms with Gasteiger partial charge < -0.3 is 4.57 Å². The highest BCUT2D eigenvalue weighted by Crippen LogP contribution is 2.20. The fourth-order valence-corrected chi connectivity index (χ4v) is 3.06. The zero-order chi connectivity index (χ0) is 14.4. The van der Waals surface area contributed by atoms with Crippen LogP contribution in [0.1, 0.15) is 31.5 Å². The van der Waals surface area contributed by atoms with Crippen LogP contribution in [0.5, 0.6) is 0 Å². The minimum Gasteiger partial charge on any atom is -0.327 e. The molecule has 0 unspecified atom stereocenters. The lowest BCUT2D eigenvalue weighted by Gasteiger charge is -2.07. The summed E-state index contributed by atoms with van der Waals surface area (Å²) in [6.07, 6.45) is 6.93. The molecule has 2 aromatic rings. The van der Waals surface area contributed by atoms with Crippen molar-refractivity contribution in [2.45, 2.75) is 38.1 Å². The Kier molecular flexibility index (Phi) is 6.17. The van der Waals surface area contributed by atoms with Gasteiger partial charge in [-0.25, -0.2) is 9.37 Å². The molecule has 2 rings (SSSR count). The topological polar surface area (TPSA) is 17.8 Å². The molecular formula is C15H20ClFN2S. The van der Waals surface area contributed by atoms with Gasteiger partial charge in [0.2, 0.25) is 0 Å². The molecule has 0 aliphatic heterocycles. The highest BCUT2D eigenvalue weighted by molar-refractivity contribution is 7.98. The molecule has 2 nitrogen and oxygen atoms in total. The second-order valence-corrected chi connectivity index (χ2v) is 6.11. The van der Waals surface area contributed by atoms with Gasteiger partial charge in [-0.3, -0.25) is 0 Å². The number of aromatic nitrogens is 2. The van der Waals surface area contributed by atoms with Gasteiger partial charge in [0.25, 0.3) is 0 Å². The molecule has 0 saturated heterocycles. The third kappa shape index (κ3) is 3.89. The molecule has 1 aromatic heterocycles. The predicted molar refractivity (Wildman–Crippen MR) is 86.1 cm³/mol. The summed E-state index contributed by atoms with van der Waals surface area (Å²) in [5.41, 5.74) is 1.68. The first-order chi connectivity index (χ1) is 9.76. The first-order valence-corrected chi connectivity index (χ1v) is 8.88. The highest BCUT2D eigenvalue weighted by atomic mass is 35.5. The molecule has 110 valence electrons. The Morgan fingerprint density at radius 3 is 2.80 bits per heavy atom. The van der Waals surface area contributed by atoms with E-state index in [9.17, 15) is 4.39 Å². The second-order valence-electron chi connectivity index (χ2n) is 4.85. The number of benzene rings is 1. The summed E-state index contributed by atoms with van der Waals surface area (Å²) in [6.45, 7) is 0.862. The summed E-state index contributed by atoms with van der Waals surface area (Å²) in [6, 6.07) is 4.71. The molecule has 0 aliphatic rings. The molecule has 0 N–H and O–H groups in total. The number of imidazole rings is 1. The Morgan fingerprint density at radius 1 is 1.25 bits per heavy atom. The van der Waals surface area contributed by atoms with E-state index in [4.69, 9.17) is 11.6 Å². The summed E-state index contributed by atoms with van der Waals surface area (Å²) in [5, 5.41) is 0. The van der Waals surface area contributed by atoms with Gasteiger partial charge in [-0.05, 0) is 43.0 Å². The van der Waals surface area contributed by atoms with E-state index in [0.29, 0.717) is 5.88 Å². The minimum absolute atomic E-state index is 0.222. The van der Waals surface area contributed by atoms with E-state index in [1.54, 1.807) is 12.1 Å². The molecule has 0 saturated carbocycles. The van der Waals surface area contributed by atoms with Gasteiger partial charge in [-0.15, -0.1) is 11.6 Å². The molecule has 1 heterocycles. The van der Waals surface area contributed by atoms with Crippen LogP contribution in [-0.4, -0.2) is 21.6 Å². The van der Waals surface area contributed by atoms with Crippen LogP contribution in [0.3, 0.4) is 0 Å². The number of nitrogens with zero attached hydrogens (tertiary/aromatic N) is 2. The minimum atomic E-state index is -0.222. The van der Waals surface area contributed by atoms with E-state index in [1.807, 2.05) is 11.8 Å². The molecule has 0 spiro atoms. The lowest BCUT2D eigenvalue weighted by Crippen LogP contribution is -2.02. The van der Waals surface area contributed by atoms with Crippen molar-refractivity contribution in [3.05, 3.63) is 29.8 Å². The third-order valence-electron chi connectivity index (χ3n) is 3.39. The lowest BCUT2D eigenvalue weighted by atomic mass is 10.2. The smallest absolute Gasteiger partial charge is 0.125 e.